The third kappa shape index (κ3) is 2.46. The fourth-order valence-electron chi connectivity index (χ4n) is 3.11. The van der Waals surface area contributed by atoms with E-state index in [0.717, 1.165) is 24.3 Å². The van der Waals surface area contributed by atoms with E-state index in [1.807, 2.05) is 0 Å². The maximum absolute atomic E-state index is 5.75. The minimum atomic E-state index is 0.905. The van der Waals surface area contributed by atoms with Gasteiger partial charge in [-0.2, -0.15) is 11.8 Å². The third-order valence-electron chi connectivity index (χ3n) is 4.02. The molecule has 1 saturated carbocycles. The standard InChI is InChI=1S/C12H23NS/c13-7-6-12(11-8-14-9-11)10-4-2-1-3-5-10/h10-12H,1-9,13H2. The van der Waals surface area contributed by atoms with Gasteiger partial charge in [0.05, 0.1) is 0 Å². The number of nitrogens with two attached hydrogens (primary N) is 1. The quantitative estimate of drug-likeness (QED) is 0.777. The maximum Gasteiger partial charge on any atom is -0.00284 e. The van der Waals surface area contributed by atoms with Crippen molar-refractivity contribution in [1.82, 2.24) is 0 Å². The van der Waals surface area contributed by atoms with Crippen LogP contribution in [0.1, 0.15) is 38.5 Å². The highest BCUT2D eigenvalue weighted by molar-refractivity contribution is 8.00. The Labute approximate surface area is 92.2 Å². The Morgan fingerprint density at radius 1 is 1.07 bits per heavy atom. The van der Waals surface area contributed by atoms with Gasteiger partial charge in [0.1, 0.15) is 0 Å². The van der Waals surface area contributed by atoms with Gasteiger partial charge in [0.2, 0.25) is 0 Å². The van der Waals surface area contributed by atoms with Crippen molar-refractivity contribution in [3.05, 3.63) is 0 Å². The summed E-state index contributed by atoms with van der Waals surface area (Å²) in [5.41, 5.74) is 5.75. The molecule has 2 heteroatoms. The number of thioether (sulfide) groups is 1. The Bertz CT molecular complexity index is 162. The van der Waals surface area contributed by atoms with Gasteiger partial charge in [0, 0.05) is 0 Å². The number of hydrogen-bond donors (Lipinski definition) is 1. The van der Waals surface area contributed by atoms with E-state index in [-0.39, 0.29) is 0 Å². The maximum atomic E-state index is 5.75. The van der Waals surface area contributed by atoms with Crippen LogP contribution in [0.4, 0.5) is 0 Å². The van der Waals surface area contributed by atoms with Crippen molar-refractivity contribution in [3.8, 4) is 0 Å². The van der Waals surface area contributed by atoms with E-state index >= 15 is 0 Å². The van der Waals surface area contributed by atoms with Crippen LogP contribution in [-0.4, -0.2) is 18.1 Å². The molecular weight excluding hydrogens is 190 g/mol. The van der Waals surface area contributed by atoms with E-state index in [4.69, 9.17) is 5.73 Å². The largest absolute Gasteiger partial charge is 0.330 e. The summed E-state index contributed by atoms with van der Waals surface area (Å²) in [6.07, 6.45) is 8.70. The molecule has 2 fully saturated rings. The number of rotatable bonds is 4. The lowest BCUT2D eigenvalue weighted by Gasteiger charge is -2.40. The lowest BCUT2D eigenvalue weighted by molar-refractivity contribution is 0.186. The molecular formula is C12H23NS. The zero-order valence-electron chi connectivity index (χ0n) is 9.08. The van der Waals surface area contributed by atoms with Crippen molar-refractivity contribution < 1.29 is 0 Å². The monoisotopic (exact) mass is 213 g/mol. The summed E-state index contributed by atoms with van der Waals surface area (Å²) in [5, 5.41) is 0. The minimum absolute atomic E-state index is 0.905. The molecule has 0 spiro atoms. The van der Waals surface area contributed by atoms with Crippen LogP contribution in [0.2, 0.25) is 0 Å². The summed E-state index contributed by atoms with van der Waals surface area (Å²) in [5.74, 6) is 5.86. The molecule has 2 N–H and O–H groups in total. The molecule has 0 aromatic carbocycles. The highest BCUT2D eigenvalue weighted by atomic mass is 32.2. The summed E-state index contributed by atoms with van der Waals surface area (Å²) >= 11 is 2.12. The first-order valence-corrected chi connectivity index (χ1v) is 7.35. The van der Waals surface area contributed by atoms with Crippen molar-refractivity contribution in [1.29, 1.82) is 0 Å². The van der Waals surface area contributed by atoms with Crippen LogP contribution in [0.25, 0.3) is 0 Å². The lowest BCUT2D eigenvalue weighted by atomic mass is 9.73. The van der Waals surface area contributed by atoms with Crippen molar-refractivity contribution in [2.45, 2.75) is 38.5 Å². The summed E-state index contributed by atoms with van der Waals surface area (Å²) in [6, 6.07) is 0. The zero-order chi connectivity index (χ0) is 9.80. The molecule has 1 atom stereocenters. The molecule has 1 aliphatic heterocycles. The number of hydrogen-bond acceptors (Lipinski definition) is 2. The average Bonchev–Trinajstić information content (AvgIpc) is 2.16. The molecule has 1 unspecified atom stereocenters. The molecule has 0 bridgehead atoms. The first kappa shape index (κ1) is 10.8. The Hall–Kier alpha value is 0.310. The first-order chi connectivity index (χ1) is 6.92. The van der Waals surface area contributed by atoms with Crippen LogP contribution < -0.4 is 5.73 Å². The Balaban J connectivity index is 1.86. The average molecular weight is 213 g/mol. The fourth-order valence-corrected chi connectivity index (χ4v) is 4.11. The topological polar surface area (TPSA) is 26.0 Å². The smallest absolute Gasteiger partial charge is 0.00284 e. The van der Waals surface area contributed by atoms with Crippen LogP contribution in [0.3, 0.4) is 0 Å². The Kier molecular flexibility index (Phi) is 4.18. The predicted molar refractivity (Wildman–Crippen MR) is 64.6 cm³/mol. The lowest BCUT2D eigenvalue weighted by Crippen LogP contribution is -2.35. The first-order valence-electron chi connectivity index (χ1n) is 6.19. The highest BCUT2D eigenvalue weighted by Gasteiger charge is 2.33. The van der Waals surface area contributed by atoms with Crippen LogP contribution in [0.15, 0.2) is 0 Å². The zero-order valence-corrected chi connectivity index (χ0v) is 9.90. The van der Waals surface area contributed by atoms with Crippen molar-refractivity contribution in [3.63, 3.8) is 0 Å². The second kappa shape index (κ2) is 5.41. The molecule has 2 aliphatic rings. The van der Waals surface area contributed by atoms with Crippen LogP contribution in [0.5, 0.6) is 0 Å². The van der Waals surface area contributed by atoms with Gasteiger partial charge in [0.25, 0.3) is 0 Å². The van der Waals surface area contributed by atoms with Crippen LogP contribution in [-0.2, 0) is 0 Å². The molecule has 1 nitrogen and oxygen atoms in total. The van der Waals surface area contributed by atoms with Crippen LogP contribution >= 0.6 is 11.8 Å². The summed E-state index contributed by atoms with van der Waals surface area (Å²) in [4.78, 5) is 0. The third-order valence-corrected chi connectivity index (χ3v) is 5.35. The SMILES string of the molecule is NCCC(C1CCCCC1)C1CSC1. The highest BCUT2D eigenvalue weighted by Crippen LogP contribution is 2.41. The van der Waals surface area contributed by atoms with E-state index in [9.17, 15) is 0 Å². The molecule has 1 heterocycles. The van der Waals surface area contributed by atoms with Crippen LogP contribution in [0, 0.1) is 17.8 Å². The Morgan fingerprint density at radius 2 is 1.79 bits per heavy atom. The molecule has 0 radical (unpaired) electrons. The van der Waals surface area contributed by atoms with Crippen molar-refractivity contribution in [2.75, 3.05) is 18.1 Å². The molecule has 14 heavy (non-hydrogen) atoms. The summed E-state index contributed by atoms with van der Waals surface area (Å²) in [7, 11) is 0. The van der Waals surface area contributed by atoms with Gasteiger partial charge in [-0.05, 0) is 42.2 Å². The summed E-state index contributed by atoms with van der Waals surface area (Å²) in [6.45, 7) is 0.905. The van der Waals surface area contributed by atoms with Crippen molar-refractivity contribution in [2.24, 2.45) is 23.5 Å². The van der Waals surface area contributed by atoms with E-state index in [2.05, 4.69) is 11.8 Å². The van der Waals surface area contributed by atoms with Gasteiger partial charge in [-0.15, -0.1) is 0 Å². The predicted octanol–water partition coefficient (Wildman–Crippen LogP) is 2.89. The van der Waals surface area contributed by atoms with Gasteiger partial charge in [-0.3, -0.25) is 0 Å². The van der Waals surface area contributed by atoms with Gasteiger partial charge < -0.3 is 5.73 Å². The molecule has 0 amide bonds. The van der Waals surface area contributed by atoms with Gasteiger partial charge in [-0.25, -0.2) is 0 Å². The molecule has 1 saturated heterocycles. The molecule has 0 aromatic heterocycles. The normalized spacial score (nSPS) is 27.2. The fraction of sp³-hybridized carbons (Fsp3) is 1.00. The van der Waals surface area contributed by atoms with E-state index in [0.29, 0.717) is 0 Å². The molecule has 2 rings (SSSR count). The van der Waals surface area contributed by atoms with E-state index in [1.165, 1.54) is 50.0 Å². The Morgan fingerprint density at radius 3 is 2.29 bits per heavy atom. The second-order valence-corrected chi connectivity index (χ2v) is 6.01. The molecule has 0 aromatic rings. The van der Waals surface area contributed by atoms with Gasteiger partial charge in [0.15, 0.2) is 0 Å². The molecule has 82 valence electrons. The van der Waals surface area contributed by atoms with Gasteiger partial charge in [-0.1, -0.05) is 32.1 Å². The molecule has 1 aliphatic carbocycles. The van der Waals surface area contributed by atoms with Crippen molar-refractivity contribution >= 4 is 11.8 Å². The van der Waals surface area contributed by atoms with Gasteiger partial charge >= 0.3 is 0 Å². The van der Waals surface area contributed by atoms with E-state index < -0.39 is 0 Å². The van der Waals surface area contributed by atoms with E-state index in [1.54, 1.807) is 0 Å². The second-order valence-electron chi connectivity index (χ2n) is 4.94. The minimum Gasteiger partial charge on any atom is -0.330 e. The summed E-state index contributed by atoms with van der Waals surface area (Å²) < 4.78 is 0.